The lowest BCUT2D eigenvalue weighted by Crippen LogP contribution is -2.47. The highest BCUT2D eigenvalue weighted by Crippen LogP contribution is 2.35. The van der Waals surface area contributed by atoms with E-state index >= 15 is 0 Å². The van der Waals surface area contributed by atoms with E-state index in [1.807, 2.05) is 24.3 Å². The number of rotatable bonds is 8. The highest BCUT2D eigenvalue weighted by molar-refractivity contribution is 5.97. The number of amides is 1. The summed E-state index contributed by atoms with van der Waals surface area (Å²) in [6, 6.07) is 7.61. The molecule has 1 heterocycles. The van der Waals surface area contributed by atoms with Crippen molar-refractivity contribution < 1.29 is 19.0 Å². The summed E-state index contributed by atoms with van der Waals surface area (Å²) in [5.41, 5.74) is 0.0760. The third-order valence-electron chi connectivity index (χ3n) is 5.86. The molecule has 0 bridgehead atoms. The molecule has 1 aromatic rings. The zero-order valence-electron chi connectivity index (χ0n) is 17.2. The molecule has 2 atom stereocenters. The van der Waals surface area contributed by atoms with Gasteiger partial charge in [-0.1, -0.05) is 13.3 Å². The Hall–Kier alpha value is -1.63. The summed E-state index contributed by atoms with van der Waals surface area (Å²) in [6.07, 6.45) is 4.74. The quantitative estimate of drug-likeness (QED) is 0.690. The predicted octanol–water partition coefficient (Wildman–Crippen LogP) is 3.32. The third kappa shape index (κ3) is 5.69. The second-order valence-electron chi connectivity index (χ2n) is 8.03. The van der Waals surface area contributed by atoms with Gasteiger partial charge in [0, 0.05) is 32.4 Å². The van der Waals surface area contributed by atoms with E-state index < -0.39 is 5.60 Å². The lowest BCUT2D eigenvalue weighted by atomic mass is 9.78. The van der Waals surface area contributed by atoms with E-state index in [-0.39, 0.29) is 5.91 Å². The maximum atomic E-state index is 12.8. The van der Waals surface area contributed by atoms with Crippen LogP contribution in [0.4, 0.5) is 5.69 Å². The molecule has 28 heavy (non-hydrogen) atoms. The van der Waals surface area contributed by atoms with Gasteiger partial charge in [0.05, 0.1) is 19.8 Å². The molecule has 1 saturated carbocycles. The van der Waals surface area contributed by atoms with Crippen molar-refractivity contribution in [2.45, 2.75) is 44.6 Å². The van der Waals surface area contributed by atoms with Gasteiger partial charge in [-0.3, -0.25) is 9.69 Å². The van der Waals surface area contributed by atoms with Crippen LogP contribution in [0, 0.1) is 5.92 Å². The van der Waals surface area contributed by atoms with Crippen molar-refractivity contribution in [1.29, 1.82) is 0 Å². The fourth-order valence-electron chi connectivity index (χ4n) is 4.17. The monoisotopic (exact) mass is 390 g/mol. The number of nitrogens with one attached hydrogen (secondary N) is 1. The lowest BCUT2D eigenvalue weighted by Gasteiger charge is -2.37. The van der Waals surface area contributed by atoms with Gasteiger partial charge < -0.3 is 19.5 Å². The van der Waals surface area contributed by atoms with Crippen LogP contribution >= 0.6 is 0 Å². The van der Waals surface area contributed by atoms with Crippen molar-refractivity contribution in [3.05, 3.63) is 24.3 Å². The fourth-order valence-corrected chi connectivity index (χ4v) is 4.17. The Morgan fingerprint density at radius 2 is 2.04 bits per heavy atom. The maximum Gasteiger partial charge on any atom is 0.256 e. The molecule has 0 aromatic heterocycles. The molecule has 1 aromatic carbocycles. The number of hydrogen-bond donors (Lipinski definition) is 1. The van der Waals surface area contributed by atoms with Crippen LogP contribution in [0.15, 0.2) is 24.3 Å². The van der Waals surface area contributed by atoms with E-state index in [9.17, 15) is 4.79 Å². The third-order valence-corrected chi connectivity index (χ3v) is 5.86. The molecular weight excluding hydrogens is 356 g/mol. The van der Waals surface area contributed by atoms with Gasteiger partial charge in [-0.2, -0.15) is 0 Å². The first kappa shape index (κ1) is 21.1. The second-order valence-corrected chi connectivity index (χ2v) is 8.03. The van der Waals surface area contributed by atoms with Crippen molar-refractivity contribution >= 4 is 11.6 Å². The Kier molecular flexibility index (Phi) is 7.71. The Bertz CT molecular complexity index is 615. The van der Waals surface area contributed by atoms with Crippen molar-refractivity contribution in [2.75, 3.05) is 51.9 Å². The molecule has 6 nitrogen and oxygen atoms in total. The Morgan fingerprint density at radius 3 is 2.71 bits per heavy atom. The lowest BCUT2D eigenvalue weighted by molar-refractivity contribution is -0.143. The fraction of sp³-hybridized carbons (Fsp3) is 0.682. The van der Waals surface area contributed by atoms with E-state index in [4.69, 9.17) is 14.2 Å². The van der Waals surface area contributed by atoms with E-state index in [0.29, 0.717) is 12.5 Å². The van der Waals surface area contributed by atoms with Gasteiger partial charge in [0.2, 0.25) is 0 Å². The Morgan fingerprint density at radius 1 is 1.29 bits per heavy atom. The van der Waals surface area contributed by atoms with Crippen LogP contribution in [-0.4, -0.2) is 63.0 Å². The number of carbonyl (C=O) groups is 1. The number of anilines is 1. The van der Waals surface area contributed by atoms with E-state index in [1.54, 1.807) is 7.11 Å². The number of methoxy groups -OCH3 is 1. The smallest absolute Gasteiger partial charge is 0.256 e. The summed E-state index contributed by atoms with van der Waals surface area (Å²) in [5.74, 6) is 1.29. The van der Waals surface area contributed by atoms with E-state index in [0.717, 1.165) is 76.4 Å². The van der Waals surface area contributed by atoms with Gasteiger partial charge in [0.15, 0.2) is 0 Å². The average Bonchev–Trinajstić information content (AvgIpc) is 2.73. The molecule has 0 unspecified atom stereocenters. The topological polar surface area (TPSA) is 60.0 Å². The molecule has 3 rings (SSSR count). The van der Waals surface area contributed by atoms with E-state index in [2.05, 4.69) is 17.1 Å². The van der Waals surface area contributed by atoms with Gasteiger partial charge in [0.25, 0.3) is 5.91 Å². The molecule has 1 aliphatic carbocycles. The number of benzene rings is 1. The summed E-state index contributed by atoms with van der Waals surface area (Å²) in [7, 11) is 1.64. The van der Waals surface area contributed by atoms with Crippen LogP contribution < -0.4 is 10.1 Å². The van der Waals surface area contributed by atoms with Crippen molar-refractivity contribution in [3.8, 4) is 5.75 Å². The van der Waals surface area contributed by atoms with Crippen molar-refractivity contribution in [1.82, 2.24) is 4.90 Å². The summed E-state index contributed by atoms with van der Waals surface area (Å²) in [4.78, 5) is 15.2. The van der Waals surface area contributed by atoms with Crippen molar-refractivity contribution in [2.24, 2.45) is 5.92 Å². The molecule has 156 valence electrons. The first-order valence-electron chi connectivity index (χ1n) is 10.5. The number of morpholine rings is 1. The second kappa shape index (κ2) is 10.2. The molecule has 1 saturated heterocycles. The number of ether oxygens (including phenoxy) is 3. The molecule has 2 fully saturated rings. The zero-order valence-corrected chi connectivity index (χ0v) is 17.2. The van der Waals surface area contributed by atoms with Crippen LogP contribution in [0.3, 0.4) is 0 Å². The van der Waals surface area contributed by atoms with Gasteiger partial charge in [-0.15, -0.1) is 0 Å². The number of carbonyl (C=O) groups excluding carboxylic acids is 1. The molecule has 0 radical (unpaired) electrons. The molecule has 1 amide bonds. The summed E-state index contributed by atoms with van der Waals surface area (Å²) >= 11 is 0. The highest BCUT2D eigenvalue weighted by Gasteiger charge is 2.41. The predicted molar refractivity (Wildman–Crippen MR) is 110 cm³/mol. The molecule has 2 aliphatic rings. The minimum atomic E-state index is -0.702. The van der Waals surface area contributed by atoms with Crippen molar-refractivity contribution in [3.63, 3.8) is 0 Å². The van der Waals surface area contributed by atoms with Crippen LogP contribution in [0.2, 0.25) is 0 Å². The molecule has 6 heteroatoms. The van der Waals surface area contributed by atoms with Gasteiger partial charge in [0.1, 0.15) is 11.4 Å². The normalized spacial score (nSPS) is 26.0. The van der Waals surface area contributed by atoms with Crippen LogP contribution in [0.1, 0.15) is 39.0 Å². The van der Waals surface area contributed by atoms with Crippen LogP contribution in [0.25, 0.3) is 0 Å². The first-order valence-corrected chi connectivity index (χ1v) is 10.5. The minimum Gasteiger partial charge on any atom is -0.494 e. The number of hydrogen-bond acceptors (Lipinski definition) is 5. The molecule has 1 N–H and O–H groups in total. The van der Waals surface area contributed by atoms with Gasteiger partial charge in [-0.25, -0.2) is 0 Å². The zero-order chi connectivity index (χ0) is 19.8. The summed E-state index contributed by atoms with van der Waals surface area (Å²) in [5, 5.41) is 3.02. The maximum absolute atomic E-state index is 12.8. The van der Waals surface area contributed by atoms with Gasteiger partial charge >= 0.3 is 0 Å². The SMILES string of the molecule is CO[C@@]1(C(=O)Nc2ccc(OCCCN3CCOCC3)cc2)CCC[C@@H](C)C1. The largest absolute Gasteiger partial charge is 0.494 e. The van der Waals surface area contributed by atoms with Crippen LogP contribution in [-0.2, 0) is 14.3 Å². The number of nitrogens with zero attached hydrogens (tertiary/aromatic N) is 1. The summed E-state index contributed by atoms with van der Waals surface area (Å²) < 4.78 is 16.9. The minimum absolute atomic E-state index is 0.0410. The summed E-state index contributed by atoms with van der Waals surface area (Å²) in [6.45, 7) is 7.59. The Balaban J connectivity index is 1.44. The van der Waals surface area contributed by atoms with Gasteiger partial charge in [-0.05, 0) is 55.9 Å². The molecular formula is C22H34N2O4. The Labute approximate surface area is 168 Å². The average molecular weight is 391 g/mol. The van der Waals surface area contributed by atoms with Crippen LogP contribution in [0.5, 0.6) is 5.75 Å². The van der Waals surface area contributed by atoms with E-state index in [1.165, 1.54) is 0 Å². The highest BCUT2D eigenvalue weighted by atomic mass is 16.5. The molecule has 0 spiro atoms. The standard InChI is InChI=1S/C22H34N2O4/c1-18-5-3-10-22(17-18,26-2)21(25)23-19-6-8-20(9-7-19)28-14-4-11-24-12-15-27-16-13-24/h6-9,18H,3-5,10-17H2,1-2H3,(H,23,25)/t18-,22+/m1/s1. The molecule has 1 aliphatic heterocycles. The first-order chi connectivity index (χ1) is 13.6.